The lowest BCUT2D eigenvalue weighted by Gasteiger charge is -2.25. The van der Waals surface area contributed by atoms with Crippen LogP contribution >= 0.6 is 0 Å². The van der Waals surface area contributed by atoms with E-state index in [0.29, 0.717) is 22.5 Å². The van der Waals surface area contributed by atoms with E-state index in [1.54, 1.807) is 12.1 Å². The third-order valence-electron chi connectivity index (χ3n) is 4.46. The van der Waals surface area contributed by atoms with Crippen molar-refractivity contribution in [3.8, 4) is 5.75 Å². The molecule has 1 aliphatic carbocycles. The van der Waals surface area contributed by atoms with Gasteiger partial charge in [-0.2, -0.15) is 0 Å². The summed E-state index contributed by atoms with van der Waals surface area (Å²) >= 11 is 0. The number of hydrogen-bond donors (Lipinski definition) is 3. The van der Waals surface area contributed by atoms with E-state index in [9.17, 15) is 14.7 Å². The van der Waals surface area contributed by atoms with Crippen LogP contribution in [0.25, 0.3) is 0 Å². The lowest BCUT2D eigenvalue weighted by molar-refractivity contribution is 0.0977. The molecule has 2 aromatic carbocycles. The number of anilines is 2. The number of carbonyl (C=O) groups is 2. The Hall–Kier alpha value is -2.82. The first-order chi connectivity index (χ1) is 12.5. The maximum absolute atomic E-state index is 13.2. The summed E-state index contributed by atoms with van der Waals surface area (Å²) in [6.45, 7) is 6.77. The fraction of sp³-hybridized carbons (Fsp3) is 0.333. The number of nitrogens with one attached hydrogen (secondary N) is 2. The van der Waals surface area contributed by atoms with Crippen LogP contribution in [-0.2, 0) is 0 Å². The first-order valence-corrected chi connectivity index (χ1v) is 9.04. The molecule has 0 saturated carbocycles. The predicted octanol–water partition coefficient (Wildman–Crippen LogP) is 4.20. The SMILES string of the molecule is CCCCNc1ccc(NC(C)C)c2c1C(=O)c1c(O)cccc1C2=O. The fourth-order valence-corrected chi connectivity index (χ4v) is 3.28. The van der Waals surface area contributed by atoms with Gasteiger partial charge in [-0.1, -0.05) is 25.5 Å². The second-order valence-corrected chi connectivity index (χ2v) is 6.85. The Kier molecular flexibility index (Phi) is 4.98. The fourth-order valence-electron chi connectivity index (χ4n) is 3.28. The maximum Gasteiger partial charge on any atom is 0.200 e. The van der Waals surface area contributed by atoms with Gasteiger partial charge in [-0.15, -0.1) is 0 Å². The van der Waals surface area contributed by atoms with Crippen LogP contribution < -0.4 is 10.6 Å². The van der Waals surface area contributed by atoms with Gasteiger partial charge in [0, 0.05) is 29.5 Å². The van der Waals surface area contributed by atoms with Crippen LogP contribution in [0.15, 0.2) is 30.3 Å². The second kappa shape index (κ2) is 7.20. The van der Waals surface area contributed by atoms with Crippen molar-refractivity contribution < 1.29 is 14.7 Å². The Morgan fingerprint density at radius 3 is 2.35 bits per heavy atom. The first-order valence-electron chi connectivity index (χ1n) is 9.04. The Bertz CT molecular complexity index is 872. The normalized spacial score (nSPS) is 12.8. The van der Waals surface area contributed by atoms with Crippen molar-refractivity contribution in [1.29, 1.82) is 0 Å². The highest BCUT2D eigenvalue weighted by Crippen LogP contribution is 2.39. The zero-order chi connectivity index (χ0) is 18.8. The lowest BCUT2D eigenvalue weighted by Crippen LogP contribution is -2.25. The van der Waals surface area contributed by atoms with Crippen molar-refractivity contribution in [3.05, 3.63) is 52.6 Å². The molecule has 5 nitrogen and oxygen atoms in total. The molecule has 3 rings (SSSR count). The molecule has 0 aromatic heterocycles. The van der Waals surface area contributed by atoms with Gasteiger partial charge in [0.25, 0.3) is 0 Å². The number of unbranched alkanes of at least 4 members (excludes halogenated alkanes) is 1. The highest BCUT2D eigenvalue weighted by atomic mass is 16.3. The van der Waals surface area contributed by atoms with Crippen molar-refractivity contribution in [2.45, 2.75) is 39.7 Å². The minimum Gasteiger partial charge on any atom is -0.507 e. The molecular weight excluding hydrogens is 328 g/mol. The van der Waals surface area contributed by atoms with Gasteiger partial charge >= 0.3 is 0 Å². The maximum atomic E-state index is 13.2. The van der Waals surface area contributed by atoms with Gasteiger partial charge < -0.3 is 15.7 Å². The number of ketones is 2. The average molecular weight is 352 g/mol. The van der Waals surface area contributed by atoms with Crippen LogP contribution in [0.5, 0.6) is 5.75 Å². The predicted molar refractivity (Wildman–Crippen MR) is 104 cm³/mol. The molecule has 0 spiro atoms. The van der Waals surface area contributed by atoms with Crippen LogP contribution in [0, 0.1) is 0 Å². The molecule has 136 valence electrons. The minimum atomic E-state index is -0.320. The average Bonchev–Trinajstić information content (AvgIpc) is 2.60. The molecule has 0 fully saturated rings. The number of fused-ring (bicyclic) bond motifs is 2. The van der Waals surface area contributed by atoms with Gasteiger partial charge in [0.1, 0.15) is 5.75 Å². The summed E-state index contributed by atoms with van der Waals surface area (Å²) in [6.07, 6.45) is 1.99. The van der Waals surface area contributed by atoms with E-state index >= 15 is 0 Å². The first kappa shape index (κ1) is 18.0. The van der Waals surface area contributed by atoms with Crippen molar-refractivity contribution in [2.24, 2.45) is 0 Å². The lowest BCUT2D eigenvalue weighted by atomic mass is 9.81. The third kappa shape index (κ3) is 3.05. The molecule has 2 aromatic rings. The van der Waals surface area contributed by atoms with Gasteiger partial charge in [0.2, 0.25) is 0 Å². The van der Waals surface area contributed by atoms with Gasteiger partial charge in [0.05, 0.1) is 16.7 Å². The number of benzene rings is 2. The quantitative estimate of drug-likeness (QED) is 0.580. The van der Waals surface area contributed by atoms with Crippen LogP contribution in [0.4, 0.5) is 11.4 Å². The molecule has 0 radical (unpaired) electrons. The molecule has 0 heterocycles. The van der Waals surface area contributed by atoms with Crippen molar-refractivity contribution >= 4 is 22.9 Å². The zero-order valence-electron chi connectivity index (χ0n) is 15.3. The van der Waals surface area contributed by atoms with E-state index in [1.807, 2.05) is 26.0 Å². The molecule has 0 bridgehead atoms. The van der Waals surface area contributed by atoms with Crippen molar-refractivity contribution in [1.82, 2.24) is 0 Å². The molecule has 26 heavy (non-hydrogen) atoms. The topological polar surface area (TPSA) is 78.4 Å². The zero-order valence-corrected chi connectivity index (χ0v) is 15.3. The molecule has 0 amide bonds. The number of carbonyl (C=O) groups excluding carboxylic acids is 2. The highest BCUT2D eigenvalue weighted by Gasteiger charge is 2.35. The van der Waals surface area contributed by atoms with E-state index in [1.165, 1.54) is 6.07 Å². The highest BCUT2D eigenvalue weighted by molar-refractivity contribution is 6.32. The number of rotatable bonds is 6. The van der Waals surface area contributed by atoms with Crippen molar-refractivity contribution in [2.75, 3.05) is 17.2 Å². The standard InChI is InChI=1S/C21H24N2O3/c1-4-5-11-22-14-9-10-15(23-12(2)3)19-18(14)21(26)17-13(20(19)25)7-6-8-16(17)24/h6-10,12,22-24H,4-5,11H2,1-3H3. The molecule has 5 heteroatoms. The summed E-state index contributed by atoms with van der Waals surface area (Å²) in [5.74, 6) is -0.722. The van der Waals surface area contributed by atoms with Gasteiger partial charge in [-0.3, -0.25) is 9.59 Å². The van der Waals surface area contributed by atoms with Crippen LogP contribution in [-0.4, -0.2) is 29.3 Å². The number of phenols is 1. The Balaban J connectivity index is 2.19. The molecule has 1 aliphatic rings. The summed E-state index contributed by atoms with van der Waals surface area (Å²) in [5.41, 5.74) is 2.33. The number of aromatic hydroxyl groups is 1. The molecule has 0 unspecified atom stereocenters. The number of hydrogen-bond acceptors (Lipinski definition) is 5. The monoisotopic (exact) mass is 352 g/mol. The van der Waals surface area contributed by atoms with E-state index in [0.717, 1.165) is 19.4 Å². The van der Waals surface area contributed by atoms with Gasteiger partial charge in [0.15, 0.2) is 11.6 Å². The van der Waals surface area contributed by atoms with E-state index in [4.69, 9.17) is 0 Å². The Labute approximate surface area is 153 Å². The van der Waals surface area contributed by atoms with Gasteiger partial charge in [-0.05, 0) is 38.5 Å². The smallest absolute Gasteiger partial charge is 0.200 e. The molecular formula is C21H24N2O3. The minimum absolute atomic E-state index is 0.0882. The summed E-state index contributed by atoms with van der Waals surface area (Å²) in [7, 11) is 0. The Morgan fingerprint density at radius 2 is 1.65 bits per heavy atom. The summed E-state index contributed by atoms with van der Waals surface area (Å²) < 4.78 is 0. The van der Waals surface area contributed by atoms with Gasteiger partial charge in [-0.25, -0.2) is 0 Å². The number of phenolic OH excluding ortho intramolecular Hbond substituents is 1. The molecule has 0 aliphatic heterocycles. The van der Waals surface area contributed by atoms with Crippen LogP contribution in [0.2, 0.25) is 0 Å². The largest absolute Gasteiger partial charge is 0.507 e. The van der Waals surface area contributed by atoms with E-state index in [2.05, 4.69) is 17.6 Å². The molecule has 0 saturated heterocycles. The molecule has 0 atom stereocenters. The van der Waals surface area contributed by atoms with Crippen molar-refractivity contribution in [3.63, 3.8) is 0 Å². The van der Waals surface area contributed by atoms with E-state index < -0.39 is 0 Å². The third-order valence-corrected chi connectivity index (χ3v) is 4.46. The van der Waals surface area contributed by atoms with Crippen LogP contribution in [0.3, 0.4) is 0 Å². The Morgan fingerprint density at radius 1 is 0.962 bits per heavy atom. The van der Waals surface area contributed by atoms with E-state index in [-0.39, 0.29) is 34.5 Å². The molecule has 3 N–H and O–H groups in total. The summed E-state index contributed by atoms with van der Waals surface area (Å²) in [6, 6.07) is 8.40. The van der Waals surface area contributed by atoms with Crippen LogP contribution in [0.1, 0.15) is 65.5 Å². The summed E-state index contributed by atoms with van der Waals surface area (Å²) in [5, 5.41) is 16.7. The summed E-state index contributed by atoms with van der Waals surface area (Å²) in [4.78, 5) is 26.3. The second-order valence-electron chi connectivity index (χ2n) is 6.85.